The third-order valence-corrected chi connectivity index (χ3v) is 4.04. The second-order valence-corrected chi connectivity index (χ2v) is 5.65. The van der Waals surface area contributed by atoms with Gasteiger partial charge in [-0.2, -0.15) is 0 Å². The molecule has 0 bridgehead atoms. The van der Waals surface area contributed by atoms with E-state index in [1.807, 2.05) is 0 Å². The van der Waals surface area contributed by atoms with Crippen molar-refractivity contribution in [1.82, 2.24) is 15.1 Å². The number of carbonyl (C=O) groups excluding carboxylic acids is 1. The standard InChI is InChI=1S/C13H23N3O4/c1-9(2)15-3-5-16(6-4-15)13(19)14-11-8-20-7-10(11)12(17)18/h9-11H,3-8H2,1-2H3,(H,14,19)(H,17,18). The summed E-state index contributed by atoms with van der Waals surface area (Å²) < 4.78 is 5.15. The zero-order valence-corrected chi connectivity index (χ0v) is 12.0. The Morgan fingerprint density at radius 1 is 1.20 bits per heavy atom. The molecule has 2 N–H and O–H groups in total. The Bertz CT molecular complexity index is 367. The zero-order valence-electron chi connectivity index (χ0n) is 12.0. The molecular weight excluding hydrogens is 262 g/mol. The van der Waals surface area contributed by atoms with Crippen molar-refractivity contribution in [2.75, 3.05) is 39.4 Å². The number of amides is 2. The maximum absolute atomic E-state index is 12.1. The first-order chi connectivity index (χ1) is 9.49. The van der Waals surface area contributed by atoms with Crippen molar-refractivity contribution in [1.29, 1.82) is 0 Å². The molecule has 114 valence electrons. The minimum atomic E-state index is -0.919. The van der Waals surface area contributed by atoms with Crippen LogP contribution in [0.3, 0.4) is 0 Å². The van der Waals surface area contributed by atoms with Crippen molar-refractivity contribution in [2.45, 2.75) is 25.9 Å². The highest BCUT2D eigenvalue weighted by molar-refractivity contribution is 5.77. The van der Waals surface area contributed by atoms with Crippen molar-refractivity contribution in [2.24, 2.45) is 5.92 Å². The maximum Gasteiger partial charge on any atom is 0.317 e. The number of carboxylic acids is 1. The average Bonchev–Trinajstić information content (AvgIpc) is 2.87. The molecule has 2 aliphatic rings. The zero-order chi connectivity index (χ0) is 14.7. The molecule has 2 heterocycles. The van der Waals surface area contributed by atoms with Crippen LogP contribution in [0.2, 0.25) is 0 Å². The molecule has 2 saturated heterocycles. The lowest BCUT2D eigenvalue weighted by atomic mass is 10.0. The van der Waals surface area contributed by atoms with Gasteiger partial charge < -0.3 is 20.1 Å². The van der Waals surface area contributed by atoms with Crippen LogP contribution in [0.4, 0.5) is 4.79 Å². The van der Waals surface area contributed by atoms with Gasteiger partial charge in [0.15, 0.2) is 0 Å². The van der Waals surface area contributed by atoms with E-state index in [4.69, 9.17) is 9.84 Å². The Morgan fingerprint density at radius 3 is 2.40 bits per heavy atom. The van der Waals surface area contributed by atoms with Gasteiger partial charge in [-0.3, -0.25) is 9.69 Å². The molecule has 2 fully saturated rings. The van der Waals surface area contributed by atoms with E-state index in [0.29, 0.717) is 19.1 Å². The SMILES string of the molecule is CC(C)N1CCN(C(=O)NC2COCC2C(=O)O)CC1. The van der Waals surface area contributed by atoms with Crippen LogP contribution < -0.4 is 5.32 Å². The fourth-order valence-corrected chi connectivity index (χ4v) is 2.63. The number of rotatable bonds is 3. The summed E-state index contributed by atoms with van der Waals surface area (Å²) in [4.78, 5) is 27.3. The van der Waals surface area contributed by atoms with E-state index in [-0.39, 0.29) is 19.2 Å². The number of hydrogen-bond donors (Lipinski definition) is 2. The van der Waals surface area contributed by atoms with Crippen LogP contribution in [-0.2, 0) is 9.53 Å². The van der Waals surface area contributed by atoms with E-state index in [9.17, 15) is 9.59 Å². The number of aliphatic carboxylic acids is 1. The summed E-state index contributed by atoms with van der Waals surface area (Å²) >= 11 is 0. The minimum Gasteiger partial charge on any atom is -0.481 e. The predicted molar refractivity (Wildman–Crippen MR) is 72.5 cm³/mol. The Balaban J connectivity index is 1.82. The lowest BCUT2D eigenvalue weighted by Crippen LogP contribution is -2.55. The Hall–Kier alpha value is -1.34. The minimum absolute atomic E-state index is 0.168. The summed E-state index contributed by atoms with van der Waals surface area (Å²) in [5.41, 5.74) is 0. The van der Waals surface area contributed by atoms with Gasteiger partial charge in [0.2, 0.25) is 0 Å². The number of carboxylic acid groups (broad SMARTS) is 1. The first kappa shape index (κ1) is 15.1. The molecule has 2 unspecified atom stereocenters. The molecule has 0 spiro atoms. The highest BCUT2D eigenvalue weighted by Gasteiger charge is 2.36. The molecule has 7 nitrogen and oxygen atoms in total. The summed E-state index contributed by atoms with van der Waals surface area (Å²) in [7, 11) is 0. The fraction of sp³-hybridized carbons (Fsp3) is 0.846. The molecule has 2 aliphatic heterocycles. The quantitative estimate of drug-likeness (QED) is 0.752. The van der Waals surface area contributed by atoms with Crippen LogP contribution in [0.25, 0.3) is 0 Å². The van der Waals surface area contributed by atoms with Crippen LogP contribution in [0.1, 0.15) is 13.8 Å². The van der Waals surface area contributed by atoms with Gasteiger partial charge in [-0.1, -0.05) is 0 Å². The Morgan fingerprint density at radius 2 is 1.85 bits per heavy atom. The summed E-state index contributed by atoms with van der Waals surface area (Å²) in [5.74, 6) is -1.56. The second kappa shape index (κ2) is 6.41. The van der Waals surface area contributed by atoms with Gasteiger partial charge in [-0.05, 0) is 13.8 Å². The van der Waals surface area contributed by atoms with E-state index >= 15 is 0 Å². The largest absolute Gasteiger partial charge is 0.481 e. The maximum atomic E-state index is 12.1. The van der Waals surface area contributed by atoms with Gasteiger partial charge in [0.1, 0.15) is 5.92 Å². The lowest BCUT2D eigenvalue weighted by Gasteiger charge is -2.37. The lowest BCUT2D eigenvalue weighted by molar-refractivity contribution is -0.142. The summed E-state index contributed by atoms with van der Waals surface area (Å²) in [6.07, 6.45) is 0. The first-order valence-electron chi connectivity index (χ1n) is 7.09. The number of carbonyl (C=O) groups is 2. The fourth-order valence-electron chi connectivity index (χ4n) is 2.63. The molecule has 0 aromatic rings. The van der Waals surface area contributed by atoms with E-state index in [1.54, 1.807) is 4.90 Å². The molecule has 0 saturated carbocycles. The molecular formula is C13H23N3O4. The van der Waals surface area contributed by atoms with E-state index in [0.717, 1.165) is 13.1 Å². The molecule has 2 atom stereocenters. The second-order valence-electron chi connectivity index (χ2n) is 5.65. The third kappa shape index (κ3) is 3.40. The van der Waals surface area contributed by atoms with Crippen molar-refractivity contribution in [3.8, 4) is 0 Å². The van der Waals surface area contributed by atoms with Gasteiger partial charge in [-0.15, -0.1) is 0 Å². The van der Waals surface area contributed by atoms with Crippen molar-refractivity contribution in [3.63, 3.8) is 0 Å². The van der Waals surface area contributed by atoms with Crippen LogP contribution in [0.5, 0.6) is 0 Å². The topological polar surface area (TPSA) is 82.1 Å². The third-order valence-electron chi connectivity index (χ3n) is 4.04. The van der Waals surface area contributed by atoms with E-state index < -0.39 is 17.9 Å². The highest BCUT2D eigenvalue weighted by Crippen LogP contribution is 2.14. The molecule has 0 aromatic carbocycles. The van der Waals surface area contributed by atoms with Gasteiger partial charge in [0.25, 0.3) is 0 Å². The van der Waals surface area contributed by atoms with Crippen molar-refractivity contribution >= 4 is 12.0 Å². The number of nitrogens with zero attached hydrogens (tertiary/aromatic N) is 2. The molecule has 2 rings (SSSR count). The summed E-state index contributed by atoms with van der Waals surface area (Å²) in [6, 6.07) is -0.127. The molecule has 2 amide bonds. The number of hydrogen-bond acceptors (Lipinski definition) is 4. The number of ether oxygens (including phenoxy) is 1. The first-order valence-corrected chi connectivity index (χ1v) is 7.09. The van der Waals surface area contributed by atoms with Crippen LogP contribution in [-0.4, -0.2) is 78.4 Å². The number of urea groups is 1. The Labute approximate surface area is 118 Å². The van der Waals surface area contributed by atoms with Gasteiger partial charge >= 0.3 is 12.0 Å². The molecule has 20 heavy (non-hydrogen) atoms. The summed E-state index contributed by atoms with van der Waals surface area (Å²) in [6.45, 7) is 7.79. The van der Waals surface area contributed by atoms with Crippen LogP contribution in [0, 0.1) is 5.92 Å². The van der Waals surface area contributed by atoms with E-state index in [2.05, 4.69) is 24.1 Å². The Kier molecular flexibility index (Phi) is 4.82. The molecule has 0 radical (unpaired) electrons. The van der Waals surface area contributed by atoms with Gasteiger partial charge in [-0.25, -0.2) is 4.79 Å². The number of nitrogens with one attached hydrogen (secondary N) is 1. The van der Waals surface area contributed by atoms with Crippen LogP contribution >= 0.6 is 0 Å². The average molecular weight is 285 g/mol. The van der Waals surface area contributed by atoms with E-state index in [1.165, 1.54) is 0 Å². The monoisotopic (exact) mass is 285 g/mol. The van der Waals surface area contributed by atoms with Crippen molar-refractivity contribution < 1.29 is 19.4 Å². The highest BCUT2D eigenvalue weighted by atomic mass is 16.5. The summed E-state index contributed by atoms with van der Waals surface area (Å²) in [5, 5.41) is 11.8. The smallest absolute Gasteiger partial charge is 0.317 e. The number of piperazine rings is 1. The molecule has 0 aromatic heterocycles. The molecule has 7 heteroatoms. The predicted octanol–water partition coefficient (Wildman–Crippen LogP) is -0.178. The van der Waals surface area contributed by atoms with Crippen LogP contribution in [0.15, 0.2) is 0 Å². The molecule has 0 aliphatic carbocycles. The normalized spacial score (nSPS) is 27.9. The van der Waals surface area contributed by atoms with Crippen molar-refractivity contribution in [3.05, 3.63) is 0 Å². The van der Waals surface area contributed by atoms with Gasteiger partial charge in [0, 0.05) is 32.2 Å². The van der Waals surface area contributed by atoms with Gasteiger partial charge in [0.05, 0.1) is 19.3 Å².